The second kappa shape index (κ2) is 5.13. The normalized spacial score (nSPS) is 16.9. The van der Waals surface area contributed by atoms with Crippen molar-refractivity contribution in [2.45, 2.75) is 19.8 Å². The average Bonchev–Trinajstić information content (AvgIpc) is 2.91. The van der Waals surface area contributed by atoms with E-state index in [9.17, 15) is 9.59 Å². The van der Waals surface area contributed by atoms with Crippen molar-refractivity contribution in [1.82, 2.24) is 4.90 Å². The van der Waals surface area contributed by atoms with Gasteiger partial charge in [-0.15, -0.1) is 0 Å². The summed E-state index contributed by atoms with van der Waals surface area (Å²) in [6.45, 7) is 3.30. The number of ketones is 1. The maximum atomic E-state index is 12.1. The molecule has 0 N–H and O–H groups in total. The molecule has 0 radical (unpaired) electrons. The van der Waals surface area contributed by atoms with Crippen LogP contribution >= 0.6 is 0 Å². The summed E-state index contributed by atoms with van der Waals surface area (Å²) in [6.07, 6.45) is 2.11. The Balaban J connectivity index is 2.07. The van der Waals surface area contributed by atoms with Gasteiger partial charge in [-0.3, -0.25) is 9.59 Å². The van der Waals surface area contributed by atoms with Crippen molar-refractivity contribution in [3.05, 3.63) is 35.9 Å². The number of Topliss-reactive ketones (excluding diaryl/α,β-unsaturated/α-hetero) is 1. The molecule has 1 atom stereocenters. The lowest BCUT2D eigenvalue weighted by Crippen LogP contribution is -2.36. The van der Waals surface area contributed by atoms with E-state index in [4.69, 9.17) is 0 Å². The van der Waals surface area contributed by atoms with Gasteiger partial charge in [-0.25, -0.2) is 0 Å². The van der Waals surface area contributed by atoms with Crippen LogP contribution < -0.4 is 0 Å². The third-order valence-corrected chi connectivity index (χ3v) is 3.24. The van der Waals surface area contributed by atoms with Gasteiger partial charge in [0.05, 0.1) is 5.92 Å². The van der Waals surface area contributed by atoms with Crippen molar-refractivity contribution in [1.29, 1.82) is 0 Å². The zero-order chi connectivity index (χ0) is 12.3. The highest BCUT2D eigenvalue weighted by molar-refractivity contribution is 6.09. The van der Waals surface area contributed by atoms with Crippen LogP contribution in [0.4, 0.5) is 0 Å². The molecule has 0 aliphatic carbocycles. The third-order valence-electron chi connectivity index (χ3n) is 3.24. The van der Waals surface area contributed by atoms with E-state index in [-0.39, 0.29) is 11.7 Å². The highest BCUT2D eigenvalue weighted by Gasteiger charge is 2.28. The Morgan fingerprint density at radius 1 is 1.12 bits per heavy atom. The van der Waals surface area contributed by atoms with E-state index in [1.807, 2.05) is 18.2 Å². The molecule has 1 amide bonds. The van der Waals surface area contributed by atoms with Gasteiger partial charge in [0.2, 0.25) is 5.91 Å². The topological polar surface area (TPSA) is 37.4 Å². The molecule has 90 valence electrons. The first-order valence-electron chi connectivity index (χ1n) is 6.08. The van der Waals surface area contributed by atoms with Crippen molar-refractivity contribution in [2.75, 3.05) is 13.1 Å². The number of hydrogen-bond donors (Lipinski definition) is 0. The fourth-order valence-electron chi connectivity index (χ4n) is 2.18. The van der Waals surface area contributed by atoms with Gasteiger partial charge in [0, 0.05) is 18.7 Å². The molecule has 17 heavy (non-hydrogen) atoms. The minimum atomic E-state index is -0.560. The van der Waals surface area contributed by atoms with Crippen LogP contribution in [0.5, 0.6) is 0 Å². The minimum absolute atomic E-state index is 0.0312. The standard InChI is InChI=1S/C14H17NO2/c1-11(14(17)15-9-5-6-10-15)13(16)12-7-3-2-4-8-12/h2-4,7-8,11H,5-6,9-10H2,1H3/t11-/m1/s1. The molecule has 1 aliphatic rings. The largest absolute Gasteiger partial charge is 0.342 e. The van der Waals surface area contributed by atoms with Crippen LogP contribution in [0, 0.1) is 5.92 Å². The van der Waals surface area contributed by atoms with Crippen LogP contribution in [0.25, 0.3) is 0 Å². The number of amides is 1. The number of benzene rings is 1. The molecule has 2 rings (SSSR count). The van der Waals surface area contributed by atoms with E-state index in [0.29, 0.717) is 5.56 Å². The van der Waals surface area contributed by atoms with Gasteiger partial charge in [0.1, 0.15) is 0 Å². The van der Waals surface area contributed by atoms with Crippen molar-refractivity contribution in [3.63, 3.8) is 0 Å². The Labute approximate surface area is 101 Å². The predicted molar refractivity (Wildman–Crippen MR) is 65.8 cm³/mol. The van der Waals surface area contributed by atoms with Gasteiger partial charge in [0.25, 0.3) is 0 Å². The smallest absolute Gasteiger partial charge is 0.233 e. The van der Waals surface area contributed by atoms with Crippen molar-refractivity contribution in [3.8, 4) is 0 Å². The van der Waals surface area contributed by atoms with E-state index in [1.54, 1.807) is 24.0 Å². The summed E-state index contributed by atoms with van der Waals surface area (Å²) in [6, 6.07) is 9.02. The van der Waals surface area contributed by atoms with Gasteiger partial charge in [-0.05, 0) is 19.8 Å². The van der Waals surface area contributed by atoms with Crippen LogP contribution in [0.3, 0.4) is 0 Å². The Hall–Kier alpha value is -1.64. The van der Waals surface area contributed by atoms with Crippen molar-refractivity contribution >= 4 is 11.7 Å². The SMILES string of the molecule is C[C@H](C(=O)c1ccccc1)C(=O)N1CCCC1. The number of rotatable bonds is 3. The van der Waals surface area contributed by atoms with Crippen LogP contribution in [0.1, 0.15) is 30.1 Å². The summed E-state index contributed by atoms with van der Waals surface area (Å²) in [5.74, 6) is -0.672. The maximum Gasteiger partial charge on any atom is 0.233 e. The Kier molecular flexibility index (Phi) is 3.57. The summed E-state index contributed by atoms with van der Waals surface area (Å²) in [4.78, 5) is 26.0. The van der Waals surface area contributed by atoms with E-state index >= 15 is 0 Å². The molecule has 1 saturated heterocycles. The molecule has 0 saturated carbocycles. The number of likely N-dealkylation sites (tertiary alicyclic amines) is 1. The predicted octanol–water partition coefficient (Wildman–Crippen LogP) is 2.13. The molecule has 1 heterocycles. The number of hydrogen-bond acceptors (Lipinski definition) is 2. The first-order chi connectivity index (χ1) is 8.20. The van der Waals surface area contributed by atoms with Crippen LogP contribution in [-0.2, 0) is 4.79 Å². The van der Waals surface area contributed by atoms with E-state index in [0.717, 1.165) is 25.9 Å². The number of carbonyl (C=O) groups is 2. The molecule has 0 bridgehead atoms. The fourth-order valence-corrected chi connectivity index (χ4v) is 2.18. The monoisotopic (exact) mass is 231 g/mol. The van der Waals surface area contributed by atoms with Crippen LogP contribution in [0.2, 0.25) is 0 Å². The van der Waals surface area contributed by atoms with E-state index in [2.05, 4.69) is 0 Å². The number of nitrogens with zero attached hydrogens (tertiary/aromatic N) is 1. The Morgan fingerprint density at radius 2 is 1.71 bits per heavy atom. The molecule has 3 nitrogen and oxygen atoms in total. The second-order valence-corrected chi connectivity index (χ2v) is 4.48. The summed E-state index contributed by atoms with van der Waals surface area (Å²) in [5.41, 5.74) is 0.618. The fraction of sp³-hybridized carbons (Fsp3) is 0.429. The Bertz CT molecular complexity index is 407. The molecule has 0 unspecified atom stereocenters. The summed E-state index contributed by atoms with van der Waals surface area (Å²) in [7, 11) is 0. The van der Waals surface area contributed by atoms with Gasteiger partial charge in [-0.1, -0.05) is 30.3 Å². The lowest BCUT2D eigenvalue weighted by molar-refractivity contribution is -0.132. The highest BCUT2D eigenvalue weighted by atomic mass is 16.2. The molecule has 1 aliphatic heterocycles. The van der Waals surface area contributed by atoms with Crippen LogP contribution in [0.15, 0.2) is 30.3 Å². The van der Waals surface area contributed by atoms with Gasteiger partial charge < -0.3 is 4.90 Å². The molecule has 1 aromatic carbocycles. The van der Waals surface area contributed by atoms with Crippen molar-refractivity contribution < 1.29 is 9.59 Å². The van der Waals surface area contributed by atoms with Crippen LogP contribution in [-0.4, -0.2) is 29.7 Å². The van der Waals surface area contributed by atoms with Gasteiger partial charge in [-0.2, -0.15) is 0 Å². The zero-order valence-corrected chi connectivity index (χ0v) is 10.1. The summed E-state index contributed by atoms with van der Waals surface area (Å²) < 4.78 is 0. The molecular weight excluding hydrogens is 214 g/mol. The second-order valence-electron chi connectivity index (χ2n) is 4.48. The molecule has 0 spiro atoms. The molecule has 0 aromatic heterocycles. The molecular formula is C14H17NO2. The lowest BCUT2D eigenvalue weighted by atomic mass is 9.98. The summed E-state index contributed by atoms with van der Waals surface area (Å²) in [5, 5.41) is 0. The zero-order valence-electron chi connectivity index (χ0n) is 10.1. The molecule has 1 fully saturated rings. The highest BCUT2D eigenvalue weighted by Crippen LogP contribution is 2.15. The van der Waals surface area contributed by atoms with E-state index in [1.165, 1.54) is 0 Å². The maximum absolute atomic E-state index is 12.1. The molecule has 3 heteroatoms. The lowest BCUT2D eigenvalue weighted by Gasteiger charge is -2.19. The average molecular weight is 231 g/mol. The third kappa shape index (κ3) is 2.54. The quantitative estimate of drug-likeness (QED) is 0.590. The first-order valence-corrected chi connectivity index (χ1v) is 6.08. The van der Waals surface area contributed by atoms with Crippen molar-refractivity contribution in [2.24, 2.45) is 5.92 Å². The van der Waals surface area contributed by atoms with Gasteiger partial charge >= 0.3 is 0 Å². The Morgan fingerprint density at radius 3 is 2.29 bits per heavy atom. The number of carbonyl (C=O) groups excluding carboxylic acids is 2. The minimum Gasteiger partial charge on any atom is -0.342 e. The molecule has 1 aromatic rings. The van der Waals surface area contributed by atoms with E-state index < -0.39 is 5.92 Å². The summed E-state index contributed by atoms with van der Waals surface area (Å²) >= 11 is 0. The first kappa shape index (κ1) is 11.8. The van der Waals surface area contributed by atoms with Gasteiger partial charge in [0.15, 0.2) is 5.78 Å².